The molecule has 1 aromatic rings. The molecule has 0 amide bonds. The summed E-state index contributed by atoms with van der Waals surface area (Å²) in [6.07, 6.45) is -8.01. The summed E-state index contributed by atoms with van der Waals surface area (Å²) in [5.74, 6) is -1.11. The Hall–Kier alpha value is -1.12. The molecule has 0 aliphatic rings. The third-order valence-corrected chi connectivity index (χ3v) is 2.40. The molecule has 0 aliphatic heterocycles. The highest BCUT2D eigenvalue weighted by atomic mass is 79.9. The average molecular weight is 336 g/mol. The van der Waals surface area contributed by atoms with E-state index in [0.717, 1.165) is 7.11 Å². The summed E-state index contributed by atoms with van der Waals surface area (Å²) in [4.78, 5) is 3.40. The molecule has 0 saturated heterocycles. The van der Waals surface area contributed by atoms with E-state index in [1.807, 2.05) is 0 Å². The van der Waals surface area contributed by atoms with Crippen molar-refractivity contribution in [3.63, 3.8) is 0 Å². The van der Waals surface area contributed by atoms with Gasteiger partial charge in [-0.15, -0.1) is 13.2 Å². The second-order valence-electron chi connectivity index (χ2n) is 3.02. The Bertz CT molecular complexity index is 424. The third kappa shape index (κ3) is 3.69. The molecule has 1 aromatic heterocycles. The molecule has 102 valence electrons. The van der Waals surface area contributed by atoms with Crippen LogP contribution in [-0.2, 0) is 5.33 Å². The number of halogens is 6. The van der Waals surface area contributed by atoms with Crippen LogP contribution in [0.5, 0.6) is 11.6 Å². The van der Waals surface area contributed by atoms with Gasteiger partial charge in [0.15, 0.2) is 0 Å². The fourth-order valence-electron chi connectivity index (χ4n) is 1.16. The minimum atomic E-state index is -4.98. The van der Waals surface area contributed by atoms with Crippen molar-refractivity contribution in [1.82, 2.24) is 4.98 Å². The Morgan fingerprint density at radius 3 is 2.39 bits per heavy atom. The molecule has 3 nitrogen and oxygen atoms in total. The van der Waals surface area contributed by atoms with Gasteiger partial charge in [-0.1, -0.05) is 15.9 Å². The second-order valence-corrected chi connectivity index (χ2v) is 3.58. The Balaban J connectivity index is 3.31. The fraction of sp³-hybridized carbons (Fsp3) is 0.444. The molecule has 0 aliphatic carbocycles. The zero-order chi connectivity index (χ0) is 13.9. The Kier molecular flexibility index (Phi) is 4.71. The lowest BCUT2D eigenvalue weighted by Crippen LogP contribution is -2.18. The molecular weight excluding hydrogens is 329 g/mol. The van der Waals surface area contributed by atoms with Crippen LogP contribution in [0.15, 0.2) is 6.07 Å². The minimum absolute atomic E-state index is 0.0852. The largest absolute Gasteiger partial charge is 0.573 e. The van der Waals surface area contributed by atoms with Gasteiger partial charge in [0.25, 0.3) is 6.43 Å². The van der Waals surface area contributed by atoms with Gasteiger partial charge in [-0.3, -0.25) is 0 Å². The number of rotatable bonds is 4. The van der Waals surface area contributed by atoms with E-state index in [-0.39, 0.29) is 16.8 Å². The van der Waals surface area contributed by atoms with Gasteiger partial charge in [-0.25, -0.2) is 13.8 Å². The van der Waals surface area contributed by atoms with E-state index < -0.39 is 24.2 Å². The molecule has 0 bridgehead atoms. The summed E-state index contributed by atoms with van der Waals surface area (Å²) in [7, 11) is 1.11. The van der Waals surface area contributed by atoms with Crippen LogP contribution < -0.4 is 9.47 Å². The Labute approximate surface area is 107 Å². The highest BCUT2D eigenvalue weighted by Gasteiger charge is 2.33. The van der Waals surface area contributed by atoms with E-state index in [0.29, 0.717) is 6.07 Å². The van der Waals surface area contributed by atoms with Crippen LogP contribution in [0.4, 0.5) is 22.0 Å². The van der Waals surface area contributed by atoms with Gasteiger partial charge in [-0.2, -0.15) is 0 Å². The molecule has 0 fully saturated rings. The highest BCUT2D eigenvalue weighted by Crippen LogP contribution is 2.35. The second kappa shape index (κ2) is 5.68. The molecule has 0 unspecified atom stereocenters. The monoisotopic (exact) mass is 335 g/mol. The lowest BCUT2D eigenvalue weighted by Gasteiger charge is -2.15. The molecule has 0 atom stereocenters. The molecule has 0 spiro atoms. The van der Waals surface area contributed by atoms with Gasteiger partial charge < -0.3 is 9.47 Å². The van der Waals surface area contributed by atoms with Crippen molar-refractivity contribution >= 4 is 15.9 Å². The van der Waals surface area contributed by atoms with E-state index in [4.69, 9.17) is 0 Å². The van der Waals surface area contributed by atoms with Crippen LogP contribution in [0.2, 0.25) is 0 Å². The van der Waals surface area contributed by atoms with Crippen LogP contribution in [0.3, 0.4) is 0 Å². The lowest BCUT2D eigenvalue weighted by atomic mass is 10.2. The van der Waals surface area contributed by atoms with Gasteiger partial charge in [0.05, 0.1) is 12.7 Å². The molecule has 0 saturated carbocycles. The Morgan fingerprint density at radius 2 is 2.00 bits per heavy atom. The maximum Gasteiger partial charge on any atom is 0.573 e. The van der Waals surface area contributed by atoms with Gasteiger partial charge >= 0.3 is 6.36 Å². The van der Waals surface area contributed by atoms with Gasteiger partial charge in [0.2, 0.25) is 5.88 Å². The van der Waals surface area contributed by atoms with Crippen molar-refractivity contribution < 1.29 is 31.4 Å². The quantitative estimate of drug-likeness (QED) is 0.619. The Morgan fingerprint density at radius 1 is 1.39 bits per heavy atom. The van der Waals surface area contributed by atoms with Crippen LogP contribution in [-0.4, -0.2) is 18.5 Å². The van der Waals surface area contributed by atoms with E-state index in [9.17, 15) is 22.0 Å². The van der Waals surface area contributed by atoms with Crippen LogP contribution in [0, 0.1) is 0 Å². The van der Waals surface area contributed by atoms with E-state index in [1.165, 1.54) is 0 Å². The zero-order valence-electron chi connectivity index (χ0n) is 8.89. The summed E-state index contributed by atoms with van der Waals surface area (Å²) in [6.45, 7) is 0. The first-order valence-corrected chi connectivity index (χ1v) is 5.58. The normalized spacial score (nSPS) is 11.8. The molecule has 18 heavy (non-hydrogen) atoms. The molecule has 0 N–H and O–H groups in total. The average Bonchev–Trinajstić information content (AvgIpc) is 2.25. The van der Waals surface area contributed by atoms with Crippen LogP contribution in [0.25, 0.3) is 0 Å². The predicted octanol–water partition coefficient (Wildman–Crippen LogP) is 3.82. The molecule has 9 heteroatoms. The van der Waals surface area contributed by atoms with Crippen molar-refractivity contribution in [3.05, 3.63) is 17.3 Å². The van der Waals surface area contributed by atoms with E-state index >= 15 is 0 Å². The first-order valence-electron chi connectivity index (χ1n) is 4.46. The number of nitrogens with zero attached hydrogens (tertiary/aromatic N) is 1. The van der Waals surface area contributed by atoms with E-state index in [2.05, 4.69) is 30.4 Å². The summed E-state index contributed by atoms with van der Waals surface area (Å²) in [5, 5.41) is -0.0852. The number of methoxy groups -OCH3 is 1. The topological polar surface area (TPSA) is 31.4 Å². The van der Waals surface area contributed by atoms with Crippen molar-refractivity contribution in [3.8, 4) is 11.6 Å². The SMILES string of the molecule is COc1nc(C(F)F)cc(OC(F)(F)F)c1CBr. The summed E-state index contributed by atoms with van der Waals surface area (Å²) >= 11 is 2.91. The number of hydrogen-bond acceptors (Lipinski definition) is 3. The number of pyridine rings is 1. The first kappa shape index (κ1) is 14.9. The fourth-order valence-corrected chi connectivity index (χ4v) is 1.68. The highest BCUT2D eigenvalue weighted by molar-refractivity contribution is 9.08. The molecule has 1 heterocycles. The number of alkyl halides is 6. The van der Waals surface area contributed by atoms with Gasteiger partial charge in [-0.05, 0) is 0 Å². The smallest absolute Gasteiger partial charge is 0.481 e. The third-order valence-electron chi connectivity index (χ3n) is 1.84. The van der Waals surface area contributed by atoms with E-state index in [1.54, 1.807) is 0 Å². The van der Waals surface area contributed by atoms with Crippen LogP contribution in [0.1, 0.15) is 17.7 Å². The summed E-state index contributed by atoms with van der Waals surface area (Å²) < 4.78 is 69.7. The van der Waals surface area contributed by atoms with Crippen molar-refractivity contribution in [2.24, 2.45) is 0 Å². The zero-order valence-corrected chi connectivity index (χ0v) is 10.5. The molecule has 0 aromatic carbocycles. The number of hydrogen-bond donors (Lipinski definition) is 0. The maximum atomic E-state index is 12.5. The molecule has 1 rings (SSSR count). The van der Waals surface area contributed by atoms with Gasteiger partial charge in [0.1, 0.15) is 11.4 Å². The molecule has 0 radical (unpaired) electrons. The van der Waals surface area contributed by atoms with Crippen molar-refractivity contribution in [2.75, 3.05) is 7.11 Å². The van der Waals surface area contributed by atoms with Crippen molar-refractivity contribution in [2.45, 2.75) is 18.1 Å². The first-order chi connectivity index (χ1) is 8.28. The lowest BCUT2D eigenvalue weighted by molar-refractivity contribution is -0.274. The maximum absolute atomic E-state index is 12.5. The van der Waals surface area contributed by atoms with Gasteiger partial charge in [0, 0.05) is 11.4 Å². The predicted molar refractivity (Wildman–Crippen MR) is 55.1 cm³/mol. The van der Waals surface area contributed by atoms with Crippen molar-refractivity contribution in [1.29, 1.82) is 0 Å². The number of aromatic nitrogens is 1. The summed E-state index contributed by atoms with van der Waals surface area (Å²) in [5.41, 5.74) is -0.949. The number of ether oxygens (including phenoxy) is 2. The van der Waals surface area contributed by atoms with Crippen LogP contribution >= 0.6 is 15.9 Å². The molecular formula is C9H7BrF5NO2. The standard InChI is InChI=1S/C9H7BrF5NO2/c1-17-8-4(3-10)6(18-9(13,14)15)2-5(16-8)7(11)12/h2,7H,3H2,1H3. The minimum Gasteiger partial charge on any atom is -0.481 e. The summed E-state index contributed by atoms with van der Waals surface area (Å²) in [6, 6.07) is 0.539.